The third-order valence-corrected chi connectivity index (χ3v) is 6.15. The number of carbonyl (C=O) groups excluding carboxylic acids is 1. The van der Waals surface area contributed by atoms with E-state index >= 15 is 0 Å². The highest BCUT2D eigenvalue weighted by Gasteiger charge is 2.24. The number of fused-ring (bicyclic) bond motifs is 2. The first kappa shape index (κ1) is 19.4. The summed E-state index contributed by atoms with van der Waals surface area (Å²) in [4.78, 5) is 18.6. The molecule has 0 atom stereocenters. The molecule has 3 aromatic carbocycles. The second-order valence-electron chi connectivity index (χ2n) is 8.09. The maximum atomic E-state index is 11.5. The molecule has 1 fully saturated rings. The molecule has 0 radical (unpaired) electrons. The van der Waals surface area contributed by atoms with Gasteiger partial charge in [-0.3, -0.25) is 4.79 Å². The van der Waals surface area contributed by atoms with Gasteiger partial charge in [0.05, 0.1) is 0 Å². The van der Waals surface area contributed by atoms with Gasteiger partial charge in [-0.25, -0.2) is 4.98 Å². The lowest BCUT2D eigenvalue weighted by atomic mass is 9.96. The van der Waals surface area contributed by atoms with Crippen LogP contribution in [0.25, 0.3) is 21.7 Å². The Balaban J connectivity index is 1.40. The number of nitrogens with two attached hydrogens (primary N) is 1. The minimum atomic E-state index is -0.199. The number of nitrogens with zero attached hydrogens (tertiary/aromatic N) is 2. The van der Waals surface area contributed by atoms with E-state index in [2.05, 4.69) is 59.5 Å². The number of hydrogen-bond acceptors (Lipinski definition) is 4. The minimum absolute atomic E-state index is 0.0312. The molecule has 5 rings (SSSR count). The van der Waals surface area contributed by atoms with Crippen LogP contribution < -0.4 is 15.4 Å². The number of para-hydroxylation sites is 1. The summed E-state index contributed by atoms with van der Waals surface area (Å²) in [6.07, 6.45) is 1.54. The smallest absolute Gasteiger partial charge is 0.220 e. The molecule has 0 unspecified atom stereocenters. The Hall–Kier alpha value is -3.60. The van der Waals surface area contributed by atoms with E-state index in [0.717, 1.165) is 54.0 Å². The van der Waals surface area contributed by atoms with Crippen LogP contribution in [0.5, 0.6) is 5.75 Å². The number of amides is 1. The molecule has 156 valence electrons. The Bertz CT molecular complexity index is 1240. The summed E-state index contributed by atoms with van der Waals surface area (Å²) >= 11 is 0. The monoisotopic (exact) mass is 411 g/mol. The van der Waals surface area contributed by atoms with E-state index in [4.69, 9.17) is 15.5 Å². The molecule has 4 aromatic rings. The van der Waals surface area contributed by atoms with E-state index in [1.54, 1.807) is 0 Å². The SMILES string of the molecule is NC(=O)C1CCN(c2ccc3cccc(OCc4cccc5ccccc45)c3n2)CC1. The molecule has 1 aromatic heterocycles. The zero-order chi connectivity index (χ0) is 21.2. The van der Waals surface area contributed by atoms with Gasteiger partial charge in [0.25, 0.3) is 0 Å². The van der Waals surface area contributed by atoms with Crippen LogP contribution in [0.1, 0.15) is 18.4 Å². The molecule has 5 heteroatoms. The molecule has 0 saturated carbocycles. The number of hydrogen-bond donors (Lipinski definition) is 1. The topological polar surface area (TPSA) is 68.5 Å². The second kappa shape index (κ2) is 8.26. The average Bonchev–Trinajstić information content (AvgIpc) is 2.82. The third kappa shape index (κ3) is 3.91. The Morgan fingerprint density at radius 2 is 1.68 bits per heavy atom. The predicted molar refractivity (Wildman–Crippen MR) is 124 cm³/mol. The molecular weight excluding hydrogens is 386 g/mol. The molecule has 2 heterocycles. The van der Waals surface area contributed by atoms with Crippen molar-refractivity contribution in [1.82, 2.24) is 4.98 Å². The Labute approximate surface area is 181 Å². The lowest BCUT2D eigenvalue weighted by Gasteiger charge is -2.31. The molecule has 0 aliphatic carbocycles. The highest BCUT2D eigenvalue weighted by atomic mass is 16.5. The lowest BCUT2D eigenvalue weighted by molar-refractivity contribution is -0.122. The van der Waals surface area contributed by atoms with Gasteiger partial charge in [0, 0.05) is 24.4 Å². The van der Waals surface area contributed by atoms with Crippen LogP contribution >= 0.6 is 0 Å². The number of benzene rings is 3. The van der Waals surface area contributed by atoms with Crippen LogP contribution in [0.3, 0.4) is 0 Å². The van der Waals surface area contributed by atoms with Crippen LogP contribution in [0.2, 0.25) is 0 Å². The molecule has 1 aliphatic heterocycles. The van der Waals surface area contributed by atoms with Gasteiger partial charge < -0.3 is 15.4 Å². The fraction of sp³-hybridized carbons (Fsp3) is 0.231. The van der Waals surface area contributed by atoms with E-state index in [9.17, 15) is 4.79 Å². The second-order valence-corrected chi connectivity index (χ2v) is 8.09. The average molecular weight is 412 g/mol. The molecule has 0 bridgehead atoms. The molecule has 1 amide bonds. The maximum absolute atomic E-state index is 11.5. The first-order valence-corrected chi connectivity index (χ1v) is 10.7. The number of rotatable bonds is 5. The molecule has 0 spiro atoms. The van der Waals surface area contributed by atoms with Crippen molar-refractivity contribution in [3.05, 3.63) is 78.4 Å². The van der Waals surface area contributed by atoms with Crippen molar-refractivity contribution in [2.75, 3.05) is 18.0 Å². The molecule has 1 saturated heterocycles. The lowest BCUT2D eigenvalue weighted by Crippen LogP contribution is -2.38. The van der Waals surface area contributed by atoms with Crippen LogP contribution in [-0.2, 0) is 11.4 Å². The van der Waals surface area contributed by atoms with E-state index in [-0.39, 0.29) is 11.8 Å². The van der Waals surface area contributed by atoms with Crippen LogP contribution in [0, 0.1) is 5.92 Å². The zero-order valence-electron chi connectivity index (χ0n) is 17.3. The molecule has 1 aliphatic rings. The maximum Gasteiger partial charge on any atom is 0.220 e. The number of carbonyl (C=O) groups is 1. The standard InChI is InChI=1S/C26H25N3O2/c27-26(30)20-13-15-29(16-14-20)24-12-11-19-7-4-10-23(25(19)28-24)31-17-21-8-3-6-18-5-1-2-9-22(18)21/h1-12,20H,13-17H2,(H2,27,30). The largest absolute Gasteiger partial charge is 0.487 e. The zero-order valence-corrected chi connectivity index (χ0v) is 17.3. The predicted octanol–water partition coefficient (Wildman–Crippen LogP) is 4.67. The molecule has 31 heavy (non-hydrogen) atoms. The van der Waals surface area contributed by atoms with Crippen LogP contribution in [0.4, 0.5) is 5.82 Å². The Kier molecular flexibility index (Phi) is 5.16. The van der Waals surface area contributed by atoms with Gasteiger partial charge in [-0.1, -0.05) is 54.6 Å². The van der Waals surface area contributed by atoms with Crippen molar-refractivity contribution in [2.45, 2.75) is 19.4 Å². The van der Waals surface area contributed by atoms with Gasteiger partial charge >= 0.3 is 0 Å². The fourth-order valence-corrected chi connectivity index (χ4v) is 4.37. The molecule has 5 nitrogen and oxygen atoms in total. The Morgan fingerprint density at radius 1 is 0.935 bits per heavy atom. The van der Waals surface area contributed by atoms with E-state index in [1.165, 1.54) is 10.8 Å². The third-order valence-electron chi connectivity index (χ3n) is 6.15. The van der Waals surface area contributed by atoms with Gasteiger partial charge in [-0.05, 0) is 47.4 Å². The fourth-order valence-electron chi connectivity index (χ4n) is 4.37. The number of anilines is 1. The van der Waals surface area contributed by atoms with Crippen molar-refractivity contribution in [2.24, 2.45) is 11.7 Å². The highest BCUT2D eigenvalue weighted by Crippen LogP contribution is 2.29. The highest BCUT2D eigenvalue weighted by molar-refractivity contribution is 5.87. The first-order chi connectivity index (χ1) is 15.2. The van der Waals surface area contributed by atoms with Gasteiger partial charge in [-0.2, -0.15) is 0 Å². The van der Waals surface area contributed by atoms with Crippen LogP contribution in [0.15, 0.2) is 72.8 Å². The Morgan fingerprint density at radius 3 is 2.52 bits per heavy atom. The van der Waals surface area contributed by atoms with Crippen LogP contribution in [-0.4, -0.2) is 24.0 Å². The number of pyridine rings is 1. The first-order valence-electron chi connectivity index (χ1n) is 10.7. The molecular formula is C26H25N3O2. The number of piperidine rings is 1. The van der Waals surface area contributed by atoms with Crippen molar-refractivity contribution in [3.63, 3.8) is 0 Å². The summed E-state index contributed by atoms with van der Waals surface area (Å²) in [7, 11) is 0. The van der Waals surface area contributed by atoms with Crippen molar-refractivity contribution in [1.29, 1.82) is 0 Å². The normalized spacial score (nSPS) is 14.8. The molecule has 2 N–H and O–H groups in total. The number of primary amides is 1. The summed E-state index contributed by atoms with van der Waals surface area (Å²) < 4.78 is 6.26. The van der Waals surface area contributed by atoms with Gasteiger partial charge in [-0.15, -0.1) is 0 Å². The van der Waals surface area contributed by atoms with Gasteiger partial charge in [0.1, 0.15) is 23.7 Å². The summed E-state index contributed by atoms with van der Waals surface area (Å²) in [6.45, 7) is 2.05. The quantitative estimate of drug-likeness (QED) is 0.518. The van der Waals surface area contributed by atoms with Gasteiger partial charge in [0.2, 0.25) is 5.91 Å². The summed E-state index contributed by atoms with van der Waals surface area (Å²) in [5.41, 5.74) is 7.48. The van der Waals surface area contributed by atoms with E-state index < -0.39 is 0 Å². The van der Waals surface area contributed by atoms with Crippen molar-refractivity contribution in [3.8, 4) is 5.75 Å². The van der Waals surface area contributed by atoms with Crippen molar-refractivity contribution < 1.29 is 9.53 Å². The van der Waals surface area contributed by atoms with E-state index in [0.29, 0.717) is 6.61 Å². The summed E-state index contributed by atoms with van der Waals surface area (Å²) in [5, 5.41) is 3.46. The number of ether oxygens (including phenoxy) is 1. The summed E-state index contributed by atoms with van der Waals surface area (Å²) in [6, 6.07) is 24.8. The van der Waals surface area contributed by atoms with Gasteiger partial charge in [0.15, 0.2) is 0 Å². The van der Waals surface area contributed by atoms with E-state index in [1.807, 2.05) is 18.2 Å². The summed E-state index contributed by atoms with van der Waals surface area (Å²) in [5.74, 6) is 1.46. The van der Waals surface area contributed by atoms with Crippen molar-refractivity contribution >= 4 is 33.4 Å². The number of aromatic nitrogens is 1. The minimum Gasteiger partial charge on any atom is -0.487 e.